The molecule has 16 nitrogen and oxygen atoms in total. The highest BCUT2D eigenvalue weighted by Crippen LogP contribution is 2.27. The summed E-state index contributed by atoms with van der Waals surface area (Å²) in [6.07, 6.45) is 4.52. The second kappa shape index (κ2) is 13.6. The first-order valence-corrected chi connectivity index (χ1v) is 17.2. The van der Waals surface area contributed by atoms with E-state index in [1.165, 1.54) is 12.1 Å². The maximum atomic E-state index is 13.1. The van der Waals surface area contributed by atoms with Gasteiger partial charge in [-0.2, -0.15) is 0 Å². The van der Waals surface area contributed by atoms with Crippen LogP contribution in [-0.2, 0) is 16.3 Å². The number of rotatable bonds is 10. The molecule has 0 aliphatic rings. The van der Waals surface area contributed by atoms with Crippen molar-refractivity contribution in [2.24, 2.45) is 0 Å². The minimum atomic E-state index is -3.74. The van der Waals surface area contributed by atoms with Crippen molar-refractivity contribution >= 4 is 33.5 Å². The van der Waals surface area contributed by atoms with E-state index in [0.29, 0.717) is 34.2 Å². The van der Waals surface area contributed by atoms with Gasteiger partial charge in [0.25, 0.3) is 11.8 Å². The quantitative estimate of drug-likeness (QED) is 0.154. The van der Waals surface area contributed by atoms with Crippen molar-refractivity contribution in [3.63, 3.8) is 0 Å². The van der Waals surface area contributed by atoms with Crippen LogP contribution in [0.2, 0.25) is 0 Å². The van der Waals surface area contributed by atoms with Crippen molar-refractivity contribution in [3.05, 3.63) is 119 Å². The topological polar surface area (TPSA) is 227 Å². The Kier molecular flexibility index (Phi) is 8.68. The van der Waals surface area contributed by atoms with Gasteiger partial charge in [0.15, 0.2) is 27.2 Å². The molecule has 17 heteroatoms. The highest BCUT2D eigenvalue weighted by atomic mass is 32.2. The Morgan fingerprint density at radius 2 is 1.41 bits per heavy atom. The number of nitrogens with zero attached hydrogens (tertiary/aromatic N) is 7. The van der Waals surface area contributed by atoms with Gasteiger partial charge in [-0.1, -0.05) is 30.3 Å². The van der Waals surface area contributed by atoms with E-state index in [4.69, 9.17) is 4.42 Å². The van der Waals surface area contributed by atoms with Crippen molar-refractivity contribution in [1.82, 2.24) is 45.3 Å². The number of amides is 2. The van der Waals surface area contributed by atoms with Gasteiger partial charge in [0, 0.05) is 29.8 Å². The number of carbonyl (C=O) groups excluding carboxylic acids is 2. The predicted octanol–water partition coefficient (Wildman–Crippen LogP) is 4.51. The number of hydrogen-bond donors (Lipinski definition) is 4. The smallest absolute Gasteiger partial charge is 0.280 e. The molecule has 0 unspecified atom stereocenters. The zero-order chi connectivity index (χ0) is 35.5. The number of hydrogen-bond acceptors (Lipinski definition) is 12. The lowest BCUT2D eigenvalue weighted by atomic mass is 10.0. The summed E-state index contributed by atoms with van der Waals surface area (Å²) < 4.78 is 31.6. The zero-order valence-electron chi connectivity index (χ0n) is 26.9. The number of aromatic nitrogens is 9. The van der Waals surface area contributed by atoms with Crippen molar-refractivity contribution in [1.29, 1.82) is 0 Å². The minimum Gasteiger partial charge on any atom is -0.441 e. The molecule has 4 N–H and O–H groups in total. The van der Waals surface area contributed by atoms with Crippen molar-refractivity contribution < 1.29 is 22.4 Å². The standard InChI is InChI=1S/C34H27N11O5S/c1-19-27(31(47)41-34-39-29(43-45-34)25-11-4-6-15-36-25)37-32(50-19)23-9-7-8-20(17-23)16-21-12-13-22(18-26(21)51(2,48)49)30(46)40-33-38-28(42-44-33)24-10-3-5-14-35-24/h3-15,17-18H,16H2,1-2H3,(H2,38,40,42,44,46)(H2,39,41,43,45,47). The molecule has 51 heavy (non-hydrogen) atoms. The normalized spacial score (nSPS) is 11.3. The third kappa shape index (κ3) is 7.27. The van der Waals surface area contributed by atoms with Crippen LogP contribution < -0.4 is 10.6 Å². The van der Waals surface area contributed by atoms with Crippen LogP contribution in [0.25, 0.3) is 34.5 Å². The number of aromatic amines is 2. The summed E-state index contributed by atoms with van der Waals surface area (Å²) in [4.78, 5) is 44.8. The van der Waals surface area contributed by atoms with Gasteiger partial charge in [-0.05, 0) is 73.0 Å². The number of aryl methyl sites for hydroxylation is 1. The lowest BCUT2D eigenvalue weighted by Crippen LogP contribution is -2.15. The number of carbonyl (C=O) groups is 2. The van der Waals surface area contributed by atoms with Crippen molar-refractivity contribution in [2.45, 2.75) is 18.2 Å². The third-order valence-electron chi connectivity index (χ3n) is 7.56. The Morgan fingerprint density at radius 1 is 0.765 bits per heavy atom. The molecule has 2 aromatic carbocycles. The summed E-state index contributed by atoms with van der Waals surface area (Å²) in [6.45, 7) is 1.62. The Hall–Kier alpha value is -6.88. The lowest BCUT2D eigenvalue weighted by Gasteiger charge is -2.11. The van der Waals surface area contributed by atoms with Gasteiger partial charge < -0.3 is 14.4 Å². The van der Waals surface area contributed by atoms with Crippen LogP contribution in [0.15, 0.2) is 101 Å². The fourth-order valence-corrected chi connectivity index (χ4v) is 6.13. The first-order chi connectivity index (χ1) is 24.6. The SMILES string of the molecule is Cc1oc(-c2cccc(Cc3ccc(C(=O)Nc4nnc(-c5ccccn5)[nH]4)cc3S(C)(=O)=O)c2)nc1C(=O)Nc1nnc(-c2ccccn2)[nH]1. The van der Waals surface area contributed by atoms with Gasteiger partial charge in [-0.15, -0.1) is 20.4 Å². The predicted molar refractivity (Wildman–Crippen MR) is 184 cm³/mol. The Balaban J connectivity index is 1.07. The van der Waals surface area contributed by atoms with E-state index in [1.807, 2.05) is 12.1 Å². The monoisotopic (exact) mass is 701 g/mol. The molecule has 7 rings (SSSR count). The molecule has 5 aromatic heterocycles. The number of pyridine rings is 2. The van der Waals surface area contributed by atoms with Gasteiger partial charge >= 0.3 is 0 Å². The van der Waals surface area contributed by atoms with Gasteiger partial charge in [0.1, 0.15) is 17.1 Å². The second-order valence-electron chi connectivity index (χ2n) is 11.3. The van der Waals surface area contributed by atoms with Crippen LogP contribution in [0.4, 0.5) is 11.9 Å². The van der Waals surface area contributed by atoms with Crippen LogP contribution in [-0.4, -0.2) is 71.8 Å². The van der Waals surface area contributed by atoms with Crippen molar-refractivity contribution in [2.75, 3.05) is 16.9 Å². The molecule has 0 radical (unpaired) electrons. The molecule has 0 aliphatic heterocycles. The maximum Gasteiger partial charge on any atom is 0.280 e. The Labute approximate surface area is 289 Å². The Bertz CT molecular complexity index is 2490. The molecule has 0 atom stereocenters. The van der Waals surface area contributed by atoms with Crippen LogP contribution in [0, 0.1) is 6.92 Å². The van der Waals surface area contributed by atoms with Crippen molar-refractivity contribution in [3.8, 4) is 34.5 Å². The molecule has 254 valence electrons. The van der Waals surface area contributed by atoms with Gasteiger partial charge in [0.05, 0.1) is 4.90 Å². The van der Waals surface area contributed by atoms with E-state index in [-0.39, 0.29) is 46.1 Å². The summed E-state index contributed by atoms with van der Waals surface area (Å²) in [7, 11) is -3.74. The van der Waals surface area contributed by atoms with E-state index in [9.17, 15) is 18.0 Å². The van der Waals surface area contributed by atoms with Crippen LogP contribution >= 0.6 is 0 Å². The largest absolute Gasteiger partial charge is 0.441 e. The first-order valence-electron chi connectivity index (χ1n) is 15.3. The second-order valence-corrected chi connectivity index (χ2v) is 13.3. The fourth-order valence-electron chi connectivity index (χ4n) is 5.17. The fraction of sp³-hybridized carbons (Fsp3) is 0.0882. The highest BCUT2D eigenvalue weighted by molar-refractivity contribution is 7.90. The summed E-state index contributed by atoms with van der Waals surface area (Å²) in [6, 6.07) is 22.2. The molecule has 0 saturated carbocycles. The molecule has 5 heterocycles. The first kappa shape index (κ1) is 32.7. The number of sulfone groups is 1. The average Bonchev–Trinajstić information content (AvgIpc) is 3.89. The third-order valence-corrected chi connectivity index (χ3v) is 8.74. The number of oxazole rings is 1. The van der Waals surface area contributed by atoms with E-state index in [1.54, 1.807) is 73.9 Å². The maximum absolute atomic E-state index is 13.1. The highest BCUT2D eigenvalue weighted by Gasteiger charge is 2.22. The van der Waals surface area contributed by atoms with E-state index < -0.39 is 21.7 Å². The Morgan fingerprint density at radius 3 is 2.02 bits per heavy atom. The van der Waals surface area contributed by atoms with E-state index in [0.717, 1.165) is 11.8 Å². The van der Waals surface area contributed by atoms with Crippen LogP contribution in [0.1, 0.15) is 37.7 Å². The average molecular weight is 702 g/mol. The van der Waals surface area contributed by atoms with Gasteiger partial charge in [-0.3, -0.25) is 30.2 Å². The lowest BCUT2D eigenvalue weighted by molar-refractivity contribution is 0.101. The molecule has 0 spiro atoms. The molecule has 7 aromatic rings. The van der Waals surface area contributed by atoms with Crippen LogP contribution in [0.3, 0.4) is 0 Å². The number of nitrogens with one attached hydrogen (secondary N) is 4. The van der Waals surface area contributed by atoms with E-state index in [2.05, 4.69) is 55.9 Å². The summed E-state index contributed by atoms with van der Waals surface area (Å²) in [5.74, 6) is 0.293. The van der Waals surface area contributed by atoms with Gasteiger partial charge in [0.2, 0.25) is 17.8 Å². The molecule has 0 saturated heterocycles. The summed E-state index contributed by atoms with van der Waals surface area (Å²) in [5.41, 5.74) is 3.06. The molecule has 0 aliphatic carbocycles. The van der Waals surface area contributed by atoms with Gasteiger partial charge in [-0.25, -0.2) is 13.4 Å². The molecule has 0 bridgehead atoms. The number of benzene rings is 2. The summed E-state index contributed by atoms with van der Waals surface area (Å²) >= 11 is 0. The zero-order valence-corrected chi connectivity index (χ0v) is 27.8. The molecule has 0 fully saturated rings. The molecule has 2 amide bonds. The van der Waals surface area contributed by atoms with Crippen LogP contribution in [0.5, 0.6) is 0 Å². The number of H-pyrrole nitrogens is 2. The molecular formula is C34H27N11O5S. The van der Waals surface area contributed by atoms with E-state index >= 15 is 0 Å². The number of anilines is 2. The molecular weight excluding hydrogens is 675 g/mol. The summed E-state index contributed by atoms with van der Waals surface area (Å²) in [5, 5.41) is 21.2. The minimum absolute atomic E-state index is 0.00292.